The van der Waals surface area contributed by atoms with Crippen LogP contribution in [0.5, 0.6) is 5.75 Å². The summed E-state index contributed by atoms with van der Waals surface area (Å²) in [5.41, 5.74) is 3.08. The molecule has 9 nitrogen and oxygen atoms in total. The van der Waals surface area contributed by atoms with Gasteiger partial charge in [-0.05, 0) is 34.3 Å². The molecule has 40 heavy (non-hydrogen) atoms. The number of aliphatic hydroxyl groups is 3. The minimum Gasteiger partial charge on any atom is -0.508 e. The lowest BCUT2D eigenvalue weighted by Gasteiger charge is -2.52. The fourth-order valence-corrected chi connectivity index (χ4v) is 7.12. The number of primary amides is 1. The van der Waals surface area contributed by atoms with Crippen molar-refractivity contribution in [3.63, 3.8) is 0 Å². The Bertz CT molecular complexity index is 1410. The van der Waals surface area contributed by atoms with Gasteiger partial charge in [0, 0.05) is 42.2 Å². The first-order valence-electron chi connectivity index (χ1n) is 13.8. The molecule has 1 amide bonds. The maximum Gasteiger partial charge on any atom is 0.255 e. The van der Waals surface area contributed by atoms with E-state index < -0.39 is 75.7 Å². The number of phenols is 1. The van der Waals surface area contributed by atoms with Crippen LogP contribution in [-0.4, -0.2) is 49.3 Å². The Balaban J connectivity index is 2.13. The van der Waals surface area contributed by atoms with Crippen molar-refractivity contribution in [2.24, 2.45) is 23.5 Å². The minimum atomic E-state index is -2.76. The monoisotopic (exact) mass is 553 g/mol. The number of nitrogens with two attached hydrogens (primary N) is 1. The second-order valence-corrected chi connectivity index (χ2v) is 12.8. The number of carbonyl (C=O) groups is 4. The topological polar surface area (TPSA) is 175 Å². The number of ketones is 3. The standard InChI is InChI=1S/C31H39NO8/c1-8-14(33)9-16-17-11-19(34)22(29(32)39)27(37)31(17,40)28(38)24-21(16)13(4)20-15(12(2)3)10-18(30(5,6)7)25(35)23(20)26(24)36/h10,12-13,16-17,21,35-37,40H,8-9,11H2,1-7H3,(H2,32,39). The van der Waals surface area contributed by atoms with Gasteiger partial charge in [-0.15, -0.1) is 0 Å². The van der Waals surface area contributed by atoms with Gasteiger partial charge >= 0.3 is 0 Å². The van der Waals surface area contributed by atoms with Crippen LogP contribution >= 0.6 is 0 Å². The van der Waals surface area contributed by atoms with Crippen molar-refractivity contribution in [2.45, 2.75) is 90.6 Å². The molecular formula is C31H39NO8. The summed E-state index contributed by atoms with van der Waals surface area (Å²) >= 11 is 0. The first kappa shape index (κ1) is 29.5. The highest BCUT2D eigenvalue weighted by molar-refractivity contribution is 6.23. The Labute approximate surface area is 233 Å². The Morgan fingerprint density at radius 1 is 1.15 bits per heavy atom. The first-order valence-corrected chi connectivity index (χ1v) is 13.8. The van der Waals surface area contributed by atoms with Gasteiger partial charge in [-0.2, -0.15) is 0 Å². The number of phenolic OH excluding ortho intramolecular Hbond substituents is 1. The molecule has 3 aliphatic carbocycles. The van der Waals surface area contributed by atoms with E-state index in [1.165, 1.54) is 0 Å². The van der Waals surface area contributed by atoms with Gasteiger partial charge < -0.3 is 26.2 Å². The molecule has 5 atom stereocenters. The summed E-state index contributed by atoms with van der Waals surface area (Å²) < 4.78 is 0. The molecule has 0 bridgehead atoms. The van der Waals surface area contributed by atoms with E-state index in [1.807, 2.05) is 47.6 Å². The van der Waals surface area contributed by atoms with E-state index in [9.17, 15) is 39.6 Å². The molecular weight excluding hydrogens is 514 g/mol. The smallest absolute Gasteiger partial charge is 0.255 e. The molecule has 0 spiro atoms. The second-order valence-electron chi connectivity index (χ2n) is 12.8. The van der Waals surface area contributed by atoms with Crippen LogP contribution in [0.2, 0.25) is 0 Å². The summed E-state index contributed by atoms with van der Waals surface area (Å²) in [5.74, 6) is -8.71. The molecule has 1 aromatic rings. The van der Waals surface area contributed by atoms with Crippen LogP contribution in [-0.2, 0) is 24.6 Å². The van der Waals surface area contributed by atoms with Crippen LogP contribution in [0.3, 0.4) is 0 Å². The van der Waals surface area contributed by atoms with Gasteiger partial charge in [-0.25, -0.2) is 0 Å². The maximum absolute atomic E-state index is 14.2. The molecule has 3 aliphatic rings. The fraction of sp³-hybridized carbons (Fsp3) is 0.548. The largest absolute Gasteiger partial charge is 0.508 e. The number of rotatable bonds is 5. The average Bonchev–Trinajstić information content (AvgIpc) is 2.84. The van der Waals surface area contributed by atoms with Crippen molar-refractivity contribution in [3.05, 3.63) is 45.2 Å². The van der Waals surface area contributed by atoms with Crippen molar-refractivity contribution in [2.75, 3.05) is 0 Å². The Kier molecular flexibility index (Phi) is 7.07. The van der Waals surface area contributed by atoms with Gasteiger partial charge in [-0.1, -0.05) is 54.5 Å². The number of hydrogen-bond acceptors (Lipinski definition) is 8. The van der Waals surface area contributed by atoms with E-state index in [4.69, 9.17) is 5.73 Å². The third-order valence-electron chi connectivity index (χ3n) is 9.11. The maximum atomic E-state index is 14.2. The lowest BCUT2D eigenvalue weighted by atomic mass is 9.51. The van der Waals surface area contributed by atoms with Gasteiger partial charge in [0.15, 0.2) is 11.4 Å². The van der Waals surface area contributed by atoms with Crippen LogP contribution in [0, 0.1) is 17.8 Å². The van der Waals surface area contributed by atoms with Crippen LogP contribution < -0.4 is 5.73 Å². The molecule has 0 aromatic heterocycles. The van der Waals surface area contributed by atoms with Crippen molar-refractivity contribution in [1.29, 1.82) is 0 Å². The normalized spacial score (nSPS) is 28.4. The summed E-state index contributed by atoms with van der Waals surface area (Å²) in [7, 11) is 0. The number of aliphatic hydroxyl groups excluding tert-OH is 2. The van der Waals surface area contributed by atoms with Crippen LogP contribution in [0.25, 0.3) is 5.76 Å². The van der Waals surface area contributed by atoms with Gasteiger partial charge in [0.05, 0.1) is 5.56 Å². The predicted octanol–water partition coefficient (Wildman–Crippen LogP) is 4.00. The summed E-state index contributed by atoms with van der Waals surface area (Å²) in [4.78, 5) is 52.0. The van der Waals surface area contributed by atoms with E-state index in [2.05, 4.69) is 0 Å². The number of aromatic hydroxyl groups is 1. The quantitative estimate of drug-likeness (QED) is 0.340. The van der Waals surface area contributed by atoms with Crippen LogP contribution in [0.4, 0.5) is 0 Å². The van der Waals surface area contributed by atoms with Gasteiger partial charge in [0.2, 0.25) is 5.78 Å². The molecule has 1 fully saturated rings. The first-order chi connectivity index (χ1) is 18.4. The number of amides is 1. The van der Waals surface area contributed by atoms with Gasteiger partial charge in [-0.3, -0.25) is 19.2 Å². The lowest BCUT2D eigenvalue weighted by Crippen LogP contribution is -2.62. The van der Waals surface area contributed by atoms with Crippen molar-refractivity contribution >= 4 is 29.0 Å². The molecule has 216 valence electrons. The summed E-state index contributed by atoms with van der Waals surface area (Å²) in [6, 6.07) is 1.92. The van der Waals surface area contributed by atoms with E-state index in [1.54, 1.807) is 6.92 Å². The second kappa shape index (κ2) is 9.58. The van der Waals surface area contributed by atoms with E-state index in [0.29, 0.717) is 11.1 Å². The molecule has 6 N–H and O–H groups in total. The van der Waals surface area contributed by atoms with Crippen molar-refractivity contribution in [1.82, 2.24) is 0 Å². The SMILES string of the molecule is CCC(=O)CC1C2C(=C(O)c3c(O)c(C(C)(C)C)cc(C(C)C)c3C2C)C(=O)C2(O)C(O)=C(C(N)=O)C(=O)CC12. The summed E-state index contributed by atoms with van der Waals surface area (Å²) in [6.07, 6.45) is -0.456. The fourth-order valence-electron chi connectivity index (χ4n) is 7.12. The molecule has 0 heterocycles. The van der Waals surface area contributed by atoms with E-state index in [0.717, 1.165) is 5.56 Å². The van der Waals surface area contributed by atoms with Crippen LogP contribution in [0.15, 0.2) is 23.0 Å². The molecule has 9 heteroatoms. The predicted molar refractivity (Wildman–Crippen MR) is 148 cm³/mol. The minimum absolute atomic E-state index is 0.0273. The lowest BCUT2D eigenvalue weighted by molar-refractivity contribution is -0.155. The molecule has 4 rings (SSSR count). The van der Waals surface area contributed by atoms with Crippen molar-refractivity contribution < 1.29 is 39.6 Å². The summed E-state index contributed by atoms with van der Waals surface area (Å²) in [6.45, 7) is 13.2. The highest BCUT2D eigenvalue weighted by Crippen LogP contribution is 2.60. The third kappa shape index (κ3) is 4.00. The highest BCUT2D eigenvalue weighted by Gasteiger charge is 2.65. The van der Waals surface area contributed by atoms with E-state index in [-0.39, 0.29) is 41.4 Å². The Morgan fingerprint density at radius 2 is 1.75 bits per heavy atom. The number of hydrogen-bond donors (Lipinski definition) is 5. The van der Waals surface area contributed by atoms with E-state index >= 15 is 0 Å². The third-order valence-corrected chi connectivity index (χ3v) is 9.11. The Hall–Kier alpha value is -3.46. The summed E-state index contributed by atoms with van der Waals surface area (Å²) in [5, 5.41) is 46.2. The molecule has 0 saturated heterocycles. The van der Waals surface area contributed by atoms with Gasteiger partial charge in [0.25, 0.3) is 5.91 Å². The number of carbonyl (C=O) groups excluding carboxylic acids is 4. The Morgan fingerprint density at radius 3 is 2.25 bits per heavy atom. The van der Waals surface area contributed by atoms with Crippen LogP contribution in [0.1, 0.15) is 102 Å². The molecule has 1 aromatic carbocycles. The molecule has 5 unspecified atom stereocenters. The number of fused-ring (bicyclic) bond motifs is 3. The van der Waals surface area contributed by atoms with Crippen molar-refractivity contribution in [3.8, 4) is 5.75 Å². The number of benzene rings is 1. The molecule has 0 aliphatic heterocycles. The molecule has 1 saturated carbocycles. The molecule has 0 radical (unpaired) electrons. The average molecular weight is 554 g/mol. The van der Waals surface area contributed by atoms with Gasteiger partial charge in [0.1, 0.15) is 28.6 Å². The zero-order valence-electron chi connectivity index (χ0n) is 24.1. The highest BCUT2D eigenvalue weighted by atomic mass is 16.3. The zero-order chi connectivity index (χ0) is 30.2. The number of Topliss-reactive ketones (excluding diaryl/α,β-unsaturated/α-hetero) is 3. The zero-order valence-corrected chi connectivity index (χ0v) is 24.1.